The van der Waals surface area contributed by atoms with E-state index in [0.29, 0.717) is 11.0 Å². The minimum Gasteiger partial charge on any atom is -0.477 e. The maximum absolute atomic E-state index is 12.2. The number of benzene rings is 1. The molecule has 0 amide bonds. The number of hydrogen-bond acceptors (Lipinski definition) is 4. The van der Waals surface area contributed by atoms with Crippen molar-refractivity contribution in [3.05, 3.63) is 39.2 Å². The molecule has 25 heavy (non-hydrogen) atoms. The molecule has 4 rings (SSSR count). The first-order valence-corrected chi connectivity index (χ1v) is 8.76. The summed E-state index contributed by atoms with van der Waals surface area (Å²) in [6.07, 6.45) is 2.03. The molecular weight excluding hydrogens is 318 g/mol. The highest BCUT2D eigenvalue weighted by atomic mass is 16.4. The molecule has 2 aliphatic rings. The van der Waals surface area contributed by atoms with Gasteiger partial charge < -0.3 is 14.4 Å². The fraction of sp³-hybridized carbons (Fsp3) is 0.500. The average Bonchev–Trinajstić information content (AvgIpc) is 2.51. The number of hydrogen-bond donors (Lipinski definition) is 1. The zero-order chi connectivity index (χ0) is 18.1. The molecule has 0 saturated carbocycles. The lowest BCUT2D eigenvalue weighted by Gasteiger charge is -2.48. The van der Waals surface area contributed by atoms with Crippen LogP contribution in [-0.2, 0) is 10.8 Å². The number of aromatic carboxylic acids is 1. The van der Waals surface area contributed by atoms with Crippen molar-refractivity contribution in [1.29, 1.82) is 0 Å². The molecular formula is C20H23NO4. The van der Waals surface area contributed by atoms with Crippen LogP contribution < -0.4 is 10.5 Å². The summed E-state index contributed by atoms with van der Waals surface area (Å²) >= 11 is 0. The molecule has 5 heteroatoms. The van der Waals surface area contributed by atoms with Crippen molar-refractivity contribution in [2.24, 2.45) is 0 Å². The third kappa shape index (κ3) is 2.21. The van der Waals surface area contributed by atoms with Crippen LogP contribution in [0, 0.1) is 0 Å². The number of carboxylic acids is 1. The Bertz CT molecular complexity index is 966. The molecule has 2 aliphatic heterocycles. The van der Waals surface area contributed by atoms with Gasteiger partial charge in [0.2, 0.25) is 0 Å². The summed E-state index contributed by atoms with van der Waals surface area (Å²) in [6.45, 7) is 10.8. The van der Waals surface area contributed by atoms with Crippen LogP contribution in [0.15, 0.2) is 21.3 Å². The van der Waals surface area contributed by atoms with Crippen LogP contribution >= 0.6 is 0 Å². The highest BCUT2D eigenvalue weighted by Crippen LogP contribution is 2.51. The van der Waals surface area contributed by atoms with Crippen LogP contribution in [0.5, 0.6) is 0 Å². The molecule has 1 aromatic heterocycles. The Morgan fingerprint density at radius 3 is 2.40 bits per heavy atom. The van der Waals surface area contributed by atoms with Gasteiger partial charge in [0.05, 0.1) is 0 Å². The van der Waals surface area contributed by atoms with Crippen molar-refractivity contribution >= 4 is 22.6 Å². The molecule has 2 aromatic rings. The van der Waals surface area contributed by atoms with Gasteiger partial charge >= 0.3 is 11.6 Å². The van der Waals surface area contributed by atoms with Crippen LogP contribution in [0.4, 0.5) is 5.69 Å². The van der Waals surface area contributed by atoms with Crippen molar-refractivity contribution < 1.29 is 14.3 Å². The number of fused-ring (bicyclic) bond motifs is 2. The average molecular weight is 341 g/mol. The predicted molar refractivity (Wildman–Crippen MR) is 96.9 cm³/mol. The first-order valence-electron chi connectivity index (χ1n) is 8.76. The molecule has 0 bridgehead atoms. The van der Waals surface area contributed by atoms with E-state index in [1.54, 1.807) is 0 Å². The van der Waals surface area contributed by atoms with Crippen molar-refractivity contribution in [2.45, 2.75) is 51.4 Å². The zero-order valence-corrected chi connectivity index (χ0v) is 15.1. The zero-order valence-electron chi connectivity index (χ0n) is 15.1. The van der Waals surface area contributed by atoms with Crippen LogP contribution in [0.1, 0.15) is 62.0 Å². The topological polar surface area (TPSA) is 70.8 Å². The monoisotopic (exact) mass is 341 g/mol. The SMILES string of the molecule is CC1(C)CCN2CCC(C)(C)c3c2c1cc1cc(C(=O)O)c(=O)oc31. The van der Waals surface area contributed by atoms with E-state index in [0.717, 1.165) is 31.5 Å². The van der Waals surface area contributed by atoms with E-state index < -0.39 is 11.6 Å². The number of rotatable bonds is 1. The van der Waals surface area contributed by atoms with Gasteiger partial charge in [0.15, 0.2) is 0 Å². The molecule has 0 fully saturated rings. The van der Waals surface area contributed by atoms with E-state index in [2.05, 4.69) is 32.6 Å². The second-order valence-electron chi connectivity index (χ2n) is 8.57. The maximum Gasteiger partial charge on any atom is 0.351 e. The van der Waals surface area contributed by atoms with E-state index in [9.17, 15) is 14.7 Å². The third-order valence-corrected chi connectivity index (χ3v) is 5.96. The number of anilines is 1. The summed E-state index contributed by atoms with van der Waals surface area (Å²) < 4.78 is 5.57. The minimum atomic E-state index is -1.25. The third-order valence-electron chi connectivity index (χ3n) is 5.96. The molecule has 0 spiro atoms. The van der Waals surface area contributed by atoms with Gasteiger partial charge in [0.1, 0.15) is 11.1 Å². The Kier molecular flexibility index (Phi) is 3.15. The van der Waals surface area contributed by atoms with E-state index >= 15 is 0 Å². The summed E-state index contributed by atoms with van der Waals surface area (Å²) in [5.41, 5.74) is 2.79. The Morgan fingerprint density at radius 1 is 1.12 bits per heavy atom. The summed E-state index contributed by atoms with van der Waals surface area (Å²) in [5, 5.41) is 9.98. The summed E-state index contributed by atoms with van der Waals surface area (Å²) in [4.78, 5) is 25.9. The largest absolute Gasteiger partial charge is 0.477 e. The summed E-state index contributed by atoms with van der Waals surface area (Å²) in [6, 6.07) is 3.50. The van der Waals surface area contributed by atoms with Crippen molar-refractivity contribution in [3.63, 3.8) is 0 Å². The van der Waals surface area contributed by atoms with Crippen LogP contribution in [-0.4, -0.2) is 24.2 Å². The highest BCUT2D eigenvalue weighted by molar-refractivity contribution is 5.95. The molecule has 0 atom stereocenters. The van der Waals surface area contributed by atoms with E-state index in [1.807, 2.05) is 6.07 Å². The van der Waals surface area contributed by atoms with Crippen molar-refractivity contribution in [1.82, 2.24) is 0 Å². The molecule has 0 unspecified atom stereocenters. The molecule has 0 aliphatic carbocycles. The van der Waals surface area contributed by atoms with Crippen LogP contribution in [0.2, 0.25) is 0 Å². The van der Waals surface area contributed by atoms with Crippen LogP contribution in [0.3, 0.4) is 0 Å². The second-order valence-corrected chi connectivity index (χ2v) is 8.57. The van der Waals surface area contributed by atoms with Gasteiger partial charge in [-0.15, -0.1) is 0 Å². The van der Waals surface area contributed by atoms with Gasteiger partial charge in [-0.3, -0.25) is 0 Å². The Labute approximate surface area is 146 Å². The maximum atomic E-state index is 12.2. The minimum absolute atomic E-state index is 0.00170. The lowest BCUT2D eigenvalue weighted by atomic mass is 9.69. The Morgan fingerprint density at radius 2 is 1.76 bits per heavy atom. The Balaban J connectivity index is 2.18. The lowest BCUT2D eigenvalue weighted by Crippen LogP contribution is -2.44. The number of carboxylic acid groups (broad SMARTS) is 1. The van der Waals surface area contributed by atoms with Crippen LogP contribution in [0.25, 0.3) is 11.0 Å². The normalized spacial score (nSPS) is 20.4. The van der Waals surface area contributed by atoms with E-state index in [-0.39, 0.29) is 16.4 Å². The summed E-state index contributed by atoms with van der Waals surface area (Å²) in [7, 11) is 0. The van der Waals surface area contributed by atoms with Gasteiger partial charge in [-0.2, -0.15) is 0 Å². The molecule has 5 nitrogen and oxygen atoms in total. The Hall–Kier alpha value is -2.30. The molecule has 1 N–H and O–H groups in total. The quantitative estimate of drug-likeness (QED) is 0.802. The molecule has 0 saturated heterocycles. The molecule has 3 heterocycles. The standard InChI is InChI=1S/C20H23NO4/c1-19(2)5-7-21-8-6-20(3,4)14-15(21)13(19)10-11-9-12(17(22)23)18(24)25-16(11)14/h9-10H,5-8H2,1-4H3,(H,22,23). The molecule has 1 aromatic carbocycles. The molecule has 0 radical (unpaired) electrons. The fourth-order valence-electron chi connectivity index (χ4n) is 4.30. The predicted octanol–water partition coefficient (Wildman–Crippen LogP) is 3.66. The number of carbonyl (C=O) groups is 1. The fourth-order valence-corrected chi connectivity index (χ4v) is 4.30. The second kappa shape index (κ2) is 4.87. The lowest BCUT2D eigenvalue weighted by molar-refractivity contribution is 0.0692. The number of nitrogens with zero attached hydrogens (tertiary/aromatic N) is 1. The van der Waals surface area contributed by atoms with Crippen molar-refractivity contribution in [2.75, 3.05) is 18.0 Å². The smallest absolute Gasteiger partial charge is 0.351 e. The molecule has 132 valence electrons. The van der Waals surface area contributed by atoms with E-state index in [1.165, 1.54) is 17.3 Å². The van der Waals surface area contributed by atoms with E-state index in [4.69, 9.17) is 4.42 Å². The van der Waals surface area contributed by atoms with Gasteiger partial charge in [-0.1, -0.05) is 27.7 Å². The van der Waals surface area contributed by atoms with Gasteiger partial charge in [-0.25, -0.2) is 9.59 Å². The van der Waals surface area contributed by atoms with Crippen molar-refractivity contribution in [3.8, 4) is 0 Å². The van der Waals surface area contributed by atoms with Gasteiger partial charge in [-0.05, 0) is 41.4 Å². The highest BCUT2D eigenvalue weighted by Gasteiger charge is 2.42. The van der Waals surface area contributed by atoms with Gasteiger partial charge in [0.25, 0.3) is 0 Å². The first-order chi connectivity index (χ1) is 11.6. The summed E-state index contributed by atoms with van der Waals surface area (Å²) in [5.74, 6) is -1.25. The van der Waals surface area contributed by atoms with Gasteiger partial charge in [0, 0.05) is 29.7 Å². The first kappa shape index (κ1) is 16.2.